The molecule has 2 aliphatic rings. The van der Waals surface area contributed by atoms with Crippen LogP contribution >= 0.6 is 0 Å². The summed E-state index contributed by atoms with van der Waals surface area (Å²) < 4.78 is 36.6. The van der Waals surface area contributed by atoms with Gasteiger partial charge in [-0.3, -0.25) is 14.4 Å². The maximum absolute atomic E-state index is 14.0. The van der Waals surface area contributed by atoms with Gasteiger partial charge in [0.25, 0.3) is 0 Å². The van der Waals surface area contributed by atoms with E-state index >= 15 is 0 Å². The van der Waals surface area contributed by atoms with E-state index in [-0.39, 0.29) is 37.2 Å². The third-order valence-electron chi connectivity index (χ3n) is 11.3. The molecule has 0 amide bonds. The van der Waals surface area contributed by atoms with Gasteiger partial charge in [-0.25, -0.2) is 0 Å². The molecule has 14 atom stereocenters. The maximum atomic E-state index is 14.0. The molecule has 1 unspecified atom stereocenters. The molecule has 2 heterocycles. The lowest BCUT2D eigenvalue weighted by Crippen LogP contribution is -2.60. The number of nitrogens with zero attached hydrogens (tertiary/aromatic N) is 1. The van der Waals surface area contributed by atoms with E-state index in [1.165, 1.54) is 28.1 Å². The summed E-state index contributed by atoms with van der Waals surface area (Å²) in [5, 5.41) is 34.5. The Morgan fingerprint density at radius 2 is 1.65 bits per heavy atom. The fourth-order valence-electron chi connectivity index (χ4n) is 7.98. The average molecular weight is 738 g/mol. The van der Waals surface area contributed by atoms with Crippen LogP contribution in [0.1, 0.15) is 80.2 Å². The first-order valence-corrected chi connectivity index (χ1v) is 18.4. The Morgan fingerprint density at radius 1 is 1.02 bits per heavy atom. The number of methoxy groups -OCH3 is 2. The summed E-state index contributed by atoms with van der Waals surface area (Å²) in [5.74, 6) is -4.99. The van der Waals surface area contributed by atoms with Gasteiger partial charge in [-0.15, -0.1) is 0 Å². The molecule has 296 valence electrons. The molecule has 1 aromatic rings. The molecule has 1 aromatic carbocycles. The van der Waals surface area contributed by atoms with E-state index in [0.717, 1.165) is 0 Å². The Balaban J connectivity index is 2.20. The number of Topliss-reactive ketones (excluding diaryl/α,β-unsaturated/α-hetero) is 1. The molecule has 2 fully saturated rings. The fourth-order valence-corrected chi connectivity index (χ4v) is 7.98. The van der Waals surface area contributed by atoms with Gasteiger partial charge in [0.1, 0.15) is 35.4 Å². The monoisotopic (exact) mass is 737 g/mol. The molecular formula is C39H63NO12. The smallest absolute Gasteiger partial charge is 0.312 e. The van der Waals surface area contributed by atoms with Crippen molar-refractivity contribution in [2.45, 2.75) is 141 Å². The van der Waals surface area contributed by atoms with E-state index < -0.39 is 83.6 Å². The second kappa shape index (κ2) is 18.1. The van der Waals surface area contributed by atoms with Crippen molar-refractivity contribution < 1.29 is 58.1 Å². The number of esters is 2. The largest absolute Gasteiger partial charge is 0.496 e. The molecule has 0 radical (unpaired) electrons. The SMILES string of the molecule is CC[C@H]1OC(=O)[C@H](C)[C@@H](OC(=O)Cc2ccccc2OC)[C@H](C)[C@@H](OC2O[C@H](C)C[C@H](N(C)C)[C@H]2O)[C@@](C)(OC)C[C@@H](C)C(=O)[C@H](C)[C@@H](O)[C@]1(C)O. The highest BCUT2D eigenvalue weighted by atomic mass is 16.7. The molecule has 0 aliphatic carbocycles. The molecule has 52 heavy (non-hydrogen) atoms. The number of para-hydroxylation sites is 1. The summed E-state index contributed by atoms with van der Waals surface area (Å²) in [4.78, 5) is 43.6. The fraction of sp³-hybridized carbons (Fsp3) is 0.769. The topological polar surface area (TPSA) is 171 Å². The van der Waals surface area contributed by atoms with Crippen LogP contribution in [0.25, 0.3) is 0 Å². The van der Waals surface area contributed by atoms with Crippen LogP contribution in [0.3, 0.4) is 0 Å². The summed E-state index contributed by atoms with van der Waals surface area (Å²) >= 11 is 0. The lowest BCUT2D eigenvalue weighted by atomic mass is 9.74. The van der Waals surface area contributed by atoms with Crippen LogP contribution in [0.2, 0.25) is 0 Å². The molecule has 0 bridgehead atoms. The van der Waals surface area contributed by atoms with Gasteiger partial charge < -0.3 is 48.6 Å². The van der Waals surface area contributed by atoms with E-state index in [2.05, 4.69) is 0 Å². The lowest BCUT2D eigenvalue weighted by molar-refractivity contribution is -0.301. The number of likely N-dealkylation sites (N-methyl/N-ethyl adjacent to an activating group) is 1. The van der Waals surface area contributed by atoms with E-state index in [9.17, 15) is 29.7 Å². The summed E-state index contributed by atoms with van der Waals surface area (Å²) in [6.07, 6.45) is -6.93. The third kappa shape index (κ3) is 9.71. The first-order valence-electron chi connectivity index (χ1n) is 18.4. The molecule has 2 saturated heterocycles. The molecule has 0 saturated carbocycles. The van der Waals surface area contributed by atoms with Crippen molar-refractivity contribution >= 4 is 17.7 Å². The van der Waals surface area contributed by atoms with Crippen LogP contribution < -0.4 is 4.74 Å². The number of hydrogen-bond donors (Lipinski definition) is 3. The van der Waals surface area contributed by atoms with E-state index in [0.29, 0.717) is 17.7 Å². The van der Waals surface area contributed by atoms with Gasteiger partial charge in [0.2, 0.25) is 0 Å². The van der Waals surface area contributed by atoms with Gasteiger partial charge >= 0.3 is 11.9 Å². The molecule has 0 aromatic heterocycles. The van der Waals surface area contributed by atoms with Crippen LogP contribution in [0.4, 0.5) is 0 Å². The standard InChI is InChI=1S/C39H63NO12/c1-13-29-39(8,46)34(44)23(4)31(42)21(2)20-38(7,48-12)35(52-37-32(43)27(40(9)10)18-22(3)49-37)24(5)33(25(6)36(45)50-29)51-30(41)19-26-16-14-15-17-28(26)47-11/h14-17,21-25,27,29,32-35,37,43-44,46H,13,18-20H2,1-12H3/t21-,22-,23+,24+,25-,27+,29-,32-,33+,34-,35-,37?,38+,39-/m1/s1. The highest BCUT2D eigenvalue weighted by Crippen LogP contribution is 2.40. The van der Waals surface area contributed by atoms with Gasteiger partial charge in [0, 0.05) is 36.5 Å². The predicted octanol–water partition coefficient (Wildman–Crippen LogP) is 3.32. The molecule has 0 spiro atoms. The number of carbonyl (C=O) groups is 3. The van der Waals surface area contributed by atoms with E-state index in [4.69, 9.17) is 28.4 Å². The Labute approximate surface area is 309 Å². The first-order chi connectivity index (χ1) is 24.2. The Morgan fingerprint density at radius 3 is 2.23 bits per heavy atom. The van der Waals surface area contributed by atoms with Gasteiger partial charge in [0.05, 0.1) is 43.4 Å². The van der Waals surface area contributed by atoms with Gasteiger partial charge in [-0.1, -0.05) is 45.9 Å². The number of aliphatic hydroxyl groups excluding tert-OH is 2. The predicted molar refractivity (Wildman–Crippen MR) is 192 cm³/mol. The zero-order valence-corrected chi connectivity index (χ0v) is 33.0. The van der Waals surface area contributed by atoms with Gasteiger partial charge in [0.15, 0.2) is 6.29 Å². The highest BCUT2D eigenvalue weighted by molar-refractivity contribution is 5.83. The maximum Gasteiger partial charge on any atom is 0.312 e. The average Bonchev–Trinajstić information content (AvgIpc) is 3.10. The number of aliphatic hydroxyl groups is 3. The van der Waals surface area contributed by atoms with Crippen molar-refractivity contribution in [3.05, 3.63) is 29.8 Å². The Kier molecular flexibility index (Phi) is 15.2. The summed E-state index contributed by atoms with van der Waals surface area (Å²) in [6.45, 7) is 13.3. The minimum atomic E-state index is -1.99. The minimum Gasteiger partial charge on any atom is -0.496 e. The zero-order valence-electron chi connectivity index (χ0n) is 33.0. The number of rotatable bonds is 9. The number of benzene rings is 1. The molecule has 13 nitrogen and oxygen atoms in total. The van der Waals surface area contributed by atoms with Crippen LogP contribution in [-0.4, -0.2) is 126 Å². The van der Waals surface area contributed by atoms with Crippen LogP contribution in [0.5, 0.6) is 5.75 Å². The van der Waals surface area contributed by atoms with Gasteiger partial charge in [-0.05, 0) is 67.1 Å². The number of ether oxygens (including phenoxy) is 6. The van der Waals surface area contributed by atoms with Crippen LogP contribution in [0, 0.1) is 23.7 Å². The summed E-state index contributed by atoms with van der Waals surface area (Å²) in [6, 6.07) is 6.72. The summed E-state index contributed by atoms with van der Waals surface area (Å²) in [5.41, 5.74) is -2.71. The van der Waals surface area contributed by atoms with Crippen molar-refractivity contribution in [3.8, 4) is 5.75 Å². The van der Waals surface area contributed by atoms with Gasteiger partial charge in [-0.2, -0.15) is 0 Å². The highest BCUT2D eigenvalue weighted by Gasteiger charge is 2.53. The third-order valence-corrected chi connectivity index (χ3v) is 11.3. The van der Waals surface area contributed by atoms with Crippen molar-refractivity contribution in [1.29, 1.82) is 0 Å². The molecular weight excluding hydrogens is 674 g/mol. The Hall–Kier alpha value is -2.65. The second-order valence-corrected chi connectivity index (χ2v) is 15.5. The summed E-state index contributed by atoms with van der Waals surface area (Å²) in [7, 11) is 6.70. The molecule has 3 rings (SSSR count). The molecule has 2 aliphatic heterocycles. The minimum absolute atomic E-state index is 0.0733. The van der Waals surface area contributed by atoms with Crippen molar-refractivity contribution in [2.75, 3.05) is 28.3 Å². The Bertz CT molecular complexity index is 1350. The zero-order chi connectivity index (χ0) is 39.3. The number of ketones is 1. The number of cyclic esters (lactones) is 1. The lowest BCUT2D eigenvalue weighted by Gasteiger charge is -2.48. The molecule has 3 N–H and O–H groups in total. The molecule has 13 heteroatoms. The van der Waals surface area contributed by atoms with Crippen LogP contribution in [-0.2, 0) is 44.5 Å². The van der Waals surface area contributed by atoms with Crippen molar-refractivity contribution in [3.63, 3.8) is 0 Å². The second-order valence-electron chi connectivity index (χ2n) is 15.5. The van der Waals surface area contributed by atoms with E-state index in [1.54, 1.807) is 58.9 Å². The number of hydrogen-bond acceptors (Lipinski definition) is 13. The van der Waals surface area contributed by atoms with Crippen molar-refractivity contribution in [1.82, 2.24) is 4.90 Å². The van der Waals surface area contributed by atoms with E-state index in [1.807, 2.05) is 25.9 Å². The first kappa shape index (κ1) is 43.8. The van der Waals surface area contributed by atoms with Crippen LogP contribution in [0.15, 0.2) is 24.3 Å². The normalized spacial score (nSPS) is 39.8. The number of carbonyl (C=O) groups excluding carboxylic acids is 3. The quantitative estimate of drug-likeness (QED) is 0.316. The van der Waals surface area contributed by atoms with Crippen molar-refractivity contribution in [2.24, 2.45) is 23.7 Å².